The smallest absolute Gasteiger partial charge is 0.425 e. The van der Waals surface area contributed by atoms with Crippen molar-refractivity contribution in [2.75, 3.05) is 29.9 Å². The van der Waals surface area contributed by atoms with E-state index in [1.807, 2.05) is 20.8 Å². The molecule has 0 spiro atoms. The molecule has 11 nitrogen and oxygen atoms in total. The number of piperidine rings is 1. The number of benzene rings is 1. The van der Waals surface area contributed by atoms with Crippen molar-refractivity contribution in [2.24, 2.45) is 0 Å². The summed E-state index contributed by atoms with van der Waals surface area (Å²) >= 11 is 0. The fourth-order valence-corrected chi connectivity index (χ4v) is 4.94. The van der Waals surface area contributed by atoms with Gasteiger partial charge in [-0.2, -0.15) is 10.4 Å². The van der Waals surface area contributed by atoms with E-state index in [4.69, 9.17) is 14.2 Å². The fourth-order valence-electron chi connectivity index (χ4n) is 4.94. The number of anilines is 3. The molecule has 1 aromatic carbocycles. The van der Waals surface area contributed by atoms with Gasteiger partial charge in [0.15, 0.2) is 0 Å². The molecule has 0 radical (unpaired) electrons. The molecule has 1 aliphatic rings. The Morgan fingerprint density at radius 3 is 2.49 bits per heavy atom. The number of nitrogens with one attached hydrogen (secondary N) is 1. The van der Waals surface area contributed by atoms with Gasteiger partial charge in [-0.05, 0) is 96.9 Å². The van der Waals surface area contributed by atoms with Gasteiger partial charge in [0.25, 0.3) is 0 Å². The third-order valence-electron chi connectivity index (χ3n) is 7.31. The predicted molar refractivity (Wildman–Crippen MR) is 164 cm³/mol. The molecule has 2 aromatic heterocycles. The van der Waals surface area contributed by atoms with Gasteiger partial charge in [0.05, 0.1) is 29.7 Å². The van der Waals surface area contributed by atoms with Crippen LogP contribution in [-0.4, -0.2) is 52.4 Å². The topological polar surface area (TPSA) is 121 Å². The molecule has 11 heteroatoms. The molecule has 4 rings (SSSR count). The Hall–Kier alpha value is -4.98. The number of likely N-dealkylation sites (tertiary alicyclic amines) is 1. The van der Waals surface area contributed by atoms with E-state index in [-0.39, 0.29) is 6.04 Å². The summed E-state index contributed by atoms with van der Waals surface area (Å²) in [6, 6.07) is 11.0. The van der Waals surface area contributed by atoms with E-state index in [0.717, 1.165) is 12.8 Å². The molecule has 0 saturated carbocycles. The minimum Gasteiger partial charge on any atom is -0.494 e. The van der Waals surface area contributed by atoms with E-state index < -0.39 is 12.2 Å². The second-order valence-electron chi connectivity index (χ2n) is 10.2. The third kappa shape index (κ3) is 6.75. The van der Waals surface area contributed by atoms with Crippen LogP contribution in [0.5, 0.6) is 5.75 Å². The van der Waals surface area contributed by atoms with E-state index in [1.54, 1.807) is 78.9 Å². The van der Waals surface area contributed by atoms with Crippen LogP contribution in [0.4, 0.5) is 26.8 Å². The first-order valence-electron chi connectivity index (χ1n) is 14.4. The lowest BCUT2D eigenvalue weighted by molar-refractivity contribution is 0.117. The largest absolute Gasteiger partial charge is 0.494 e. The fraction of sp³-hybridized carbons (Fsp3) is 0.375. The number of hydrogen-bond acceptors (Lipinski definition) is 8. The Kier molecular flexibility index (Phi) is 9.93. The molecular weight excluding hydrogens is 548 g/mol. The lowest BCUT2D eigenvalue weighted by Gasteiger charge is -2.34. The van der Waals surface area contributed by atoms with Crippen LogP contribution in [-0.2, 0) is 9.47 Å². The summed E-state index contributed by atoms with van der Waals surface area (Å²) < 4.78 is 18.3. The lowest BCUT2D eigenvalue weighted by Crippen LogP contribution is -2.45. The van der Waals surface area contributed by atoms with Gasteiger partial charge in [0.1, 0.15) is 34.7 Å². The molecule has 1 saturated heterocycles. The van der Waals surface area contributed by atoms with Gasteiger partial charge >= 0.3 is 12.2 Å². The average molecular weight is 587 g/mol. The summed E-state index contributed by atoms with van der Waals surface area (Å²) in [6.07, 6.45) is 5.52. The van der Waals surface area contributed by atoms with Crippen LogP contribution in [0.1, 0.15) is 58.6 Å². The highest BCUT2D eigenvalue weighted by atomic mass is 16.6. The van der Waals surface area contributed by atoms with Crippen molar-refractivity contribution < 1.29 is 23.8 Å². The van der Waals surface area contributed by atoms with Crippen LogP contribution >= 0.6 is 0 Å². The number of allylic oxidation sites excluding steroid dienone is 4. The first-order chi connectivity index (χ1) is 20.7. The molecule has 3 aromatic rings. The zero-order chi connectivity index (χ0) is 31.1. The monoisotopic (exact) mass is 586 g/mol. The average Bonchev–Trinajstić information content (AvgIpc) is 3.49. The molecule has 1 N–H and O–H groups in total. The van der Waals surface area contributed by atoms with Crippen LogP contribution in [0.3, 0.4) is 0 Å². The Balaban J connectivity index is 1.81. The maximum absolute atomic E-state index is 13.8. The van der Waals surface area contributed by atoms with Crippen molar-refractivity contribution in [3.05, 3.63) is 71.3 Å². The van der Waals surface area contributed by atoms with Gasteiger partial charge in [-0.15, -0.1) is 0 Å². The van der Waals surface area contributed by atoms with Crippen molar-refractivity contribution in [3.8, 4) is 11.8 Å². The summed E-state index contributed by atoms with van der Waals surface area (Å²) in [5.41, 5.74) is 2.60. The van der Waals surface area contributed by atoms with Gasteiger partial charge in [0, 0.05) is 24.7 Å². The van der Waals surface area contributed by atoms with Crippen LogP contribution < -0.4 is 15.0 Å². The van der Waals surface area contributed by atoms with E-state index in [1.165, 1.54) is 4.90 Å². The SMILES string of the molecule is C/C=C(/C)OC(=O)N1CCC[C@H](Nc2c(C)c(N(C(=O)O/C(C)=C/C)c3ccc(OCC)cc3)n3nccc3c2C#N)C1. The summed E-state index contributed by atoms with van der Waals surface area (Å²) in [6.45, 7) is 12.3. The minimum atomic E-state index is -0.638. The Morgan fingerprint density at radius 1 is 1.14 bits per heavy atom. The van der Waals surface area contributed by atoms with Crippen LogP contribution in [0.25, 0.3) is 5.52 Å². The van der Waals surface area contributed by atoms with Crippen LogP contribution in [0, 0.1) is 18.3 Å². The summed E-state index contributed by atoms with van der Waals surface area (Å²) in [4.78, 5) is 29.6. The number of ether oxygens (including phenoxy) is 3. The number of rotatable bonds is 8. The molecule has 0 unspecified atom stereocenters. The van der Waals surface area contributed by atoms with Crippen molar-refractivity contribution in [1.82, 2.24) is 14.5 Å². The van der Waals surface area contributed by atoms with E-state index in [2.05, 4.69) is 16.5 Å². The number of pyridine rings is 1. The van der Waals surface area contributed by atoms with Gasteiger partial charge in [-0.1, -0.05) is 0 Å². The predicted octanol–water partition coefficient (Wildman–Crippen LogP) is 7.05. The van der Waals surface area contributed by atoms with E-state index >= 15 is 0 Å². The molecule has 1 atom stereocenters. The molecule has 0 bridgehead atoms. The highest BCUT2D eigenvalue weighted by Crippen LogP contribution is 2.38. The van der Waals surface area contributed by atoms with Crippen molar-refractivity contribution in [2.45, 2.75) is 60.4 Å². The number of carbonyl (C=O) groups is 2. The normalized spacial score (nSPS) is 15.6. The molecule has 1 aliphatic heterocycles. The molecule has 3 heterocycles. The maximum Gasteiger partial charge on any atom is 0.425 e. The van der Waals surface area contributed by atoms with Gasteiger partial charge in [-0.3, -0.25) is 0 Å². The second-order valence-corrected chi connectivity index (χ2v) is 10.2. The summed E-state index contributed by atoms with van der Waals surface area (Å²) in [5, 5.41) is 18.3. The van der Waals surface area contributed by atoms with Gasteiger partial charge in [-0.25, -0.2) is 19.0 Å². The molecule has 1 fully saturated rings. The quantitative estimate of drug-likeness (QED) is 0.279. The number of nitriles is 1. The number of carbonyl (C=O) groups excluding carboxylic acids is 2. The number of aromatic nitrogens is 2. The van der Waals surface area contributed by atoms with Crippen LogP contribution in [0.2, 0.25) is 0 Å². The van der Waals surface area contributed by atoms with Crippen molar-refractivity contribution >= 4 is 34.9 Å². The maximum atomic E-state index is 13.8. The van der Waals surface area contributed by atoms with Crippen molar-refractivity contribution in [3.63, 3.8) is 0 Å². The Bertz CT molecular complexity index is 1580. The highest BCUT2D eigenvalue weighted by Gasteiger charge is 2.31. The molecule has 226 valence electrons. The molecule has 43 heavy (non-hydrogen) atoms. The first-order valence-corrected chi connectivity index (χ1v) is 14.4. The van der Waals surface area contributed by atoms with Crippen LogP contribution in [0.15, 0.2) is 60.2 Å². The zero-order valence-corrected chi connectivity index (χ0v) is 25.5. The lowest BCUT2D eigenvalue weighted by atomic mass is 10.0. The second kappa shape index (κ2) is 13.8. The number of amides is 2. The number of fused-ring (bicyclic) bond motifs is 1. The van der Waals surface area contributed by atoms with E-state index in [9.17, 15) is 14.9 Å². The third-order valence-corrected chi connectivity index (χ3v) is 7.31. The summed E-state index contributed by atoms with van der Waals surface area (Å²) in [7, 11) is 0. The molecule has 2 amide bonds. The van der Waals surface area contributed by atoms with Gasteiger partial charge < -0.3 is 24.4 Å². The van der Waals surface area contributed by atoms with Crippen molar-refractivity contribution in [1.29, 1.82) is 5.26 Å². The minimum absolute atomic E-state index is 0.160. The van der Waals surface area contributed by atoms with Gasteiger partial charge in [0.2, 0.25) is 0 Å². The standard InChI is InChI=1S/C32H38N6O5/c1-7-21(4)42-31(39)36-18-10-11-24(20-36)35-29-23(6)30(38-28(16-17-34-38)27(29)19-33)37(32(40)43-22(5)8-2)25-12-14-26(15-13-25)41-9-3/h7-8,12-17,24,35H,9-11,18,20H2,1-6H3/b21-7-,22-8+/t24-/m0/s1. The van der Waals surface area contributed by atoms with E-state index in [0.29, 0.717) is 70.8 Å². The molecule has 0 aliphatic carbocycles. The summed E-state index contributed by atoms with van der Waals surface area (Å²) in [5.74, 6) is 2.05. The Labute approximate surface area is 251 Å². The number of hydrogen-bond donors (Lipinski definition) is 1. The highest BCUT2D eigenvalue weighted by molar-refractivity contribution is 5.98. The first kappa shape index (κ1) is 31.0. The molecular formula is C32H38N6O5. The number of nitrogens with zero attached hydrogens (tertiary/aromatic N) is 5. The zero-order valence-electron chi connectivity index (χ0n) is 25.5. The Morgan fingerprint density at radius 2 is 1.84 bits per heavy atom.